The van der Waals surface area contributed by atoms with Crippen molar-refractivity contribution in [2.45, 2.75) is 13.3 Å². The van der Waals surface area contributed by atoms with E-state index in [-0.39, 0.29) is 27.3 Å². The highest BCUT2D eigenvalue weighted by molar-refractivity contribution is 7.15. The molecule has 0 saturated carbocycles. The van der Waals surface area contributed by atoms with Gasteiger partial charge in [-0.3, -0.25) is 19.7 Å². The average molecular weight is 472 g/mol. The van der Waals surface area contributed by atoms with Gasteiger partial charge in [-0.25, -0.2) is 0 Å². The molecule has 0 radical (unpaired) electrons. The summed E-state index contributed by atoms with van der Waals surface area (Å²) in [6, 6.07) is 17.2. The summed E-state index contributed by atoms with van der Waals surface area (Å²) in [6.45, 7) is 1.97. The third kappa shape index (κ3) is 4.02. The predicted octanol–water partition coefficient (Wildman–Crippen LogP) is 3.13. The van der Waals surface area contributed by atoms with E-state index in [1.54, 1.807) is 30.3 Å². The summed E-state index contributed by atoms with van der Waals surface area (Å²) in [7, 11) is 0. The lowest BCUT2D eigenvalue weighted by Crippen LogP contribution is -2.28. The Bertz CT molecular complexity index is 1720. The number of aromatic nitrogens is 3. The van der Waals surface area contributed by atoms with Crippen LogP contribution >= 0.6 is 11.3 Å². The van der Waals surface area contributed by atoms with Crippen LogP contribution < -0.4 is 15.7 Å². The molecule has 0 unspecified atom stereocenters. The number of nitro groups is 1. The molecule has 3 heterocycles. The van der Waals surface area contributed by atoms with Gasteiger partial charge in [0.15, 0.2) is 0 Å². The molecule has 0 saturated heterocycles. The van der Waals surface area contributed by atoms with Crippen molar-refractivity contribution in [2.24, 2.45) is 0 Å². The van der Waals surface area contributed by atoms with Crippen molar-refractivity contribution in [1.29, 1.82) is 0 Å². The number of hydrogen-bond donors (Lipinski definition) is 0. The van der Waals surface area contributed by atoms with Crippen LogP contribution in [0.1, 0.15) is 22.6 Å². The maximum Gasteiger partial charge on any atom is 0.296 e. The number of para-hydroxylation sites is 1. The van der Waals surface area contributed by atoms with Crippen LogP contribution in [0.25, 0.3) is 22.4 Å². The van der Waals surface area contributed by atoms with Crippen LogP contribution in [0, 0.1) is 17.0 Å². The highest BCUT2D eigenvalue weighted by Gasteiger charge is 2.17. The molecule has 0 bridgehead atoms. The van der Waals surface area contributed by atoms with Gasteiger partial charge in [-0.1, -0.05) is 53.3 Å². The van der Waals surface area contributed by atoms with Gasteiger partial charge in [0.1, 0.15) is 21.7 Å². The van der Waals surface area contributed by atoms with Crippen molar-refractivity contribution in [3.8, 4) is 11.3 Å². The molecular formula is C24H16N4O5S. The number of nitrogens with zero attached hydrogens (tertiary/aromatic N) is 4. The second-order valence-electron chi connectivity index (χ2n) is 7.61. The van der Waals surface area contributed by atoms with E-state index in [1.807, 2.05) is 31.2 Å². The third-order valence-electron chi connectivity index (χ3n) is 5.21. The van der Waals surface area contributed by atoms with Crippen LogP contribution in [0.3, 0.4) is 0 Å². The number of furan rings is 1. The maximum absolute atomic E-state index is 12.9. The molecule has 0 fully saturated rings. The average Bonchev–Trinajstić information content (AvgIpc) is 3.40. The molecule has 10 heteroatoms. The van der Waals surface area contributed by atoms with Gasteiger partial charge in [-0.15, -0.1) is 0 Å². The zero-order chi connectivity index (χ0) is 23.8. The van der Waals surface area contributed by atoms with Gasteiger partial charge in [-0.2, -0.15) is 14.6 Å². The Kier molecular flexibility index (Phi) is 5.34. The Balaban J connectivity index is 1.53. The zero-order valence-electron chi connectivity index (χ0n) is 17.8. The molecule has 2 aromatic carbocycles. The van der Waals surface area contributed by atoms with Crippen molar-refractivity contribution in [3.05, 3.63) is 119 Å². The fourth-order valence-electron chi connectivity index (χ4n) is 3.50. The van der Waals surface area contributed by atoms with Crippen LogP contribution in [0.2, 0.25) is 0 Å². The molecule has 5 rings (SSSR count). The molecule has 5 aromatic rings. The maximum atomic E-state index is 12.9. The van der Waals surface area contributed by atoms with E-state index in [2.05, 4.69) is 10.1 Å². The lowest BCUT2D eigenvalue weighted by Gasteiger charge is -2.01. The van der Waals surface area contributed by atoms with Crippen molar-refractivity contribution in [2.75, 3.05) is 0 Å². The van der Waals surface area contributed by atoms with Gasteiger partial charge in [0.25, 0.3) is 16.8 Å². The smallest absolute Gasteiger partial charge is 0.296 e. The predicted molar refractivity (Wildman–Crippen MR) is 127 cm³/mol. The summed E-state index contributed by atoms with van der Waals surface area (Å²) < 4.78 is 7.14. The summed E-state index contributed by atoms with van der Waals surface area (Å²) in [5.74, 6) is 0.637. The van der Waals surface area contributed by atoms with Gasteiger partial charge in [0.2, 0.25) is 4.96 Å². The fourth-order valence-corrected chi connectivity index (χ4v) is 4.38. The van der Waals surface area contributed by atoms with E-state index in [0.29, 0.717) is 17.1 Å². The summed E-state index contributed by atoms with van der Waals surface area (Å²) >= 11 is 1.02. The topological polar surface area (TPSA) is 121 Å². The minimum atomic E-state index is -0.481. The van der Waals surface area contributed by atoms with Crippen molar-refractivity contribution in [3.63, 3.8) is 0 Å². The van der Waals surface area contributed by atoms with Gasteiger partial charge < -0.3 is 4.42 Å². The molecule has 0 amide bonds. The highest BCUT2D eigenvalue weighted by atomic mass is 32.1. The zero-order valence-corrected chi connectivity index (χ0v) is 18.6. The molecule has 34 heavy (non-hydrogen) atoms. The Morgan fingerprint density at radius 1 is 1.09 bits per heavy atom. The van der Waals surface area contributed by atoms with E-state index in [0.717, 1.165) is 27.0 Å². The van der Waals surface area contributed by atoms with Crippen molar-refractivity contribution >= 4 is 28.1 Å². The molecule has 9 nitrogen and oxygen atoms in total. The molecule has 0 aliphatic rings. The Morgan fingerprint density at radius 2 is 1.85 bits per heavy atom. The van der Waals surface area contributed by atoms with Crippen molar-refractivity contribution < 1.29 is 9.34 Å². The second-order valence-corrected chi connectivity index (χ2v) is 8.62. The number of benzene rings is 2. The standard InChI is InChI=1S/C24H16N4O5S/c1-14-6-8-15(9-7-14)12-18-22(29)25-24-27(26-18)23(30)21(34-24)13-16-10-11-20(33-16)17-4-2-3-5-19(17)28(31)32/h2-11,13H,12H2,1H3/b21-13+. The molecule has 0 spiro atoms. The first-order valence-corrected chi connectivity index (χ1v) is 11.0. The Morgan fingerprint density at radius 3 is 2.62 bits per heavy atom. The molecule has 3 aromatic heterocycles. The van der Waals surface area contributed by atoms with E-state index >= 15 is 0 Å². The highest BCUT2D eigenvalue weighted by Crippen LogP contribution is 2.30. The largest absolute Gasteiger partial charge is 0.456 e. The number of rotatable bonds is 5. The summed E-state index contributed by atoms with van der Waals surface area (Å²) in [6.07, 6.45) is 1.77. The minimum Gasteiger partial charge on any atom is -0.456 e. The van der Waals surface area contributed by atoms with Crippen LogP contribution in [-0.4, -0.2) is 19.5 Å². The molecule has 168 valence electrons. The third-order valence-corrected chi connectivity index (χ3v) is 6.17. The van der Waals surface area contributed by atoms with E-state index in [9.17, 15) is 19.7 Å². The normalized spacial score (nSPS) is 11.9. The molecule has 0 N–H and O–H groups in total. The minimum absolute atomic E-state index is 0.0807. The lowest BCUT2D eigenvalue weighted by atomic mass is 10.1. The molecule has 0 atom stereocenters. The fraction of sp³-hybridized carbons (Fsp3) is 0.0833. The van der Waals surface area contributed by atoms with Crippen molar-refractivity contribution in [1.82, 2.24) is 14.6 Å². The van der Waals surface area contributed by atoms with E-state index in [1.165, 1.54) is 12.1 Å². The number of fused-ring (bicyclic) bond motifs is 1. The summed E-state index contributed by atoms with van der Waals surface area (Å²) in [5, 5.41) is 15.5. The summed E-state index contributed by atoms with van der Waals surface area (Å²) in [4.78, 5) is 40.4. The number of thiazole rings is 1. The van der Waals surface area contributed by atoms with Crippen LogP contribution in [0.4, 0.5) is 5.69 Å². The number of nitro benzene ring substituents is 1. The first kappa shape index (κ1) is 21.4. The first-order chi connectivity index (χ1) is 16.4. The monoisotopic (exact) mass is 472 g/mol. The van der Waals surface area contributed by atoms with Crippen LogP contribution in [0.5, 0.6) is 0 Å². The molecule has 0 aliphatic heterocycles. The van der Waals surface area contributed by atoms with E-state index in [4.69, 9.17) is 4.42 Å². The van der Waals surface area contributed by atoms with E-state index < -0.39 is 16.0 Å². The van der Waals surface area contributed by atoms with Gasteiger partial charge in [0, 0.05) is 18.6 Å². The molecular weight excluding hydrogens is 456 g/mol. The lowest BCUT2D eigenvalue weighted by molar-refractivity contribution is -0.384. The van der Waals surface area contributed by atoms with Gasteiger partial charge >= 0.3 is 0 Å². The Labute approximate surface area is 195 Å². The second kappa shape index (κ2) is 8.49. The quantitative estimate of drug-likeness (QED) is 0.285. The van der Waals surface area contributed by atoms with Crippen LogP contribution in [0.15, 0.2) is 74.7 Å². The molecule has 0 aliphatic carbocycles. The van der Waals surface area contributed by atoms with Crippen LogP contribution in [-0.2, 0) is 6.42 Å². The first-order valence-electron chi connectivity index (χ1n) is 10.2. The van der Waals surface area contributed by atoms with Gasteiger partial charge in [-0.05, 0) is 30.7 Å². The SMILES string of the molecule is Cc1ccc(Cc2nn3c(=O)/c(=C\c4ccc(-c5ccccc5[N+](=O)[O-])o4)sc3nc2=O)cc1. The number of hydrogen-bond acceptors (Lipinski definition) is 8. The van der Waals surface area contributed by atoms with Gasteiger partial charge in [0.05, 0.1) is 10.5 Å². The summed E-state index contributed by atoms with van der Waals surface area (Å²) in [5.41, 5.74) is 1.52. The number of aryl methyl sites for hydroxylation is 1. The Hall–Kier alpha value is -4.44.